The molecule has 19 heavy (non-hydrogen) atoms. The Kier molecular flexibility index (Phi) is 4.78. The summed E-state index contributed by atoms with van der Waals surface area (Å²) in [7, 11) is -3.07. The molecule has 3 N–H and O–H groups in total. The van der Waals surface area contributed by atoms with E-state index in [4.69, 9.17) is 5.11 Å². The van der Waals surface area contributed by atoms with Crippen molar-refractivity contribution < 1.29 is 23.1 Å². The quantitative estimate of drug-likeness (QED) is 0.666. The van der Waals surface area contributed by atoms with Gasteiger partial charge in [-0.2, -0.15) is 0 Å². The summed E-state index contributed by atoms with van der Waals surface area (Å²) in [4.78, 5) is 22.9. The van der Waals surface area contributed by atoms with E-state index in [1.54, 1.807) is 0 Å². The van der Waals surface area contributed by atoms with Gasteiger partial charge in [-0.25, -0.2) is 18.0 Å². The fraction of sp³-hybridized carbons (Fsp3) is 0.818. The van der Waals surface area contributed by atoms with E-state index in [2.05, 4.69) is 10.6 Å². The van der Waals surface area contributed by atoms with Crippen molar-refractivity contribution in [3.05, 3.63) is 0 Å². The highest BCUT2D eigenvalue weighted by Gasteiger charge is 2.35. The van der Waals surface area contributed by atoms with Gasteiger partial charge in [-0.05, 0) is 19.8 Å². The number of sulfone groups is 1. The summed E-state index contributed by atoms with van der Waals surface area (Å²) in [5, 5.41) is 14.0. The molecule has 2 atom stereocenters. The van der Waals surface area contributed by atoms with Crippen LogP contribution in [0.4, 0.5) is 4.79 Å². The third kappa shape index (κ3) is 4.38. The number of carbonyl (C=O) groups is 2. The maximum atomic E-state index is 11.7. The van der Waals surface area contributed by atoms with E-state index < -0.39 is 33.4 Å². The molecule has 1 heterocycles. The van der Waals surface area contributed by atoms with Gasteiger partial charge in [0.15, 0.2) is 9.84 Å². The van der Waals surface area contributed by atoms with Crippen LogP contribution in [0.2, 0.25) is 0 Å². The van der Waals surface area contributed by atoms with Crippen LogP contribution in [0, 0.1) is 0 Å². The highest BCUT2D eigenvalue weighted by atomic mass is 32.2. The van der Waals surface area contributed by atoms with E-state index in [-0.39, 0.29) is 11.5 Å². The first-order chi connectivity index (χ1) is 8.68. The molecule has 2 unspecified atom stereocenters. The van der Waals surface area contributed by atoms with Crippen LogP contribution in [0.5, 0.6) is 0 Å². The minimum absolute atomic E-state index is 0.0586. The van der Waals surface area contributed by atoms with Gasteiger partial charge in [-0.15, -0.1) is 0 Å². The smallest absolute Gasteiger partial charge is 0.329 e. The van der Waals surface area contributed by atoms with Gasteiger partial charge < -0.3 is 15.7 Å². The number of urea groups is 1. The van der Waals surface area contributed by atoms with Crippen molar-refractivity contribution in [1.82, 2.24) is 10.6 Å². The molecule has 0 aromatic carbocycles. The molecular formula is C11H20N2O5S. The Bertz CT molecular complexity index is 462. The highest BCUT2D eigenvalue weighted by Crippen LogP contribution is 2.14. The van der Waals surface area contributed by atoms with Crippen molar-refractivity contribution in [1.29, 1.82) is 0 Å². The zero-order valence-electron chi connectivity index (χ0n) is 11.1. The molecule has 1 aliphatic rings. The summed E-state index contributed by atoms with van der Waals surface area (Å²) >= 11 is 0. The first-order valence-electron chi connectivity index (χ1n) is 6.21. The molecule has 0 aromatic heterocycles. The van der Waals surface area contributed by atoms with Crippen LogP contribution in [-0.2, 0) is 14.6 Å². The number of hydrogen-bond donors (Lipinski definition) is 3. The van der Waals surface area contributed by atoms with E-state index in [1.165, 1.54) is 6.92 Å². The normalized spacial score (nSPS) is 24.4. The lowest BCUT2D eigenvalue weighted by Crippen LogP contribution is -2.56. The molecule has 0 aromatic rings. The third-order valence-electron chi connectivity index (χ3n) is 3.18. The topological polar surface area (TPSA) is 113 Å². The average Bonchev–Trinajstić information content (AvgIpc) is 2.57. The second-order valence-corrected chi connectivity index (χ2v) is 7.31. The number of hydrogen-bond acceptors (Lipinski definition) is 4. The number of nitrogens with one attached hydrogen (secondary N) is 2. The number of amides is 2. The van der Waals surface area contributed by atoms with Crippen LogP contribution in [0.15, 0.2) is 0 Å². The van der Waals surface area contributed by atoms with Crippen LogP contribution in [-0.4, -0.2) is 48.6 Å². The number of carboxylic acid groups (broad SMARTS) is 1. The zero-order valence-corrected chi connectivity index (χ0v) is 11.9. The van der Waals surface area contributed by atoms with Gasteiger partial charge in [0, 0.05) is 6.04 Å². The Labute approximate surface area is 112 Å². The highest BCUT2D eigenvalue weighted by molar-refractivity contribution is 7.91. The lowest BCUT2D eigenvalue weighted by atomic mass is 9.96. The Balaban J connectivity index is 2.57. The van der Waals surface area contributed by atoms with Gasteiger partial charge in [0.1, 0.15) is 5.54 Å². The molecule has 7 nitrogen and oxygen atoms in total. The van der Waals surface area contributed by atoms with Gasteiger partial charge in [-0.3, -0.25) is 0 Å². The second-order valence-electron chi connectivity index (χ2n) is 5.09. The molecule has 0 aliphatic carbocycles. The lowest BCUT2D eigenvalue weighted by Gasteiger charge is -2.26. The molecule has 0 spiro atoms. The number of rotatable bonds is 5. The summed E-state index contributed by atoms with van der Waals surface area (Å²) in [6.07, 6.45) is 1.28. The van der Waals surface area contributed by atoms with Crippen LogP contribution in [0.1, 0.15) is 33.1 Å². The van der Waals surface area contributed by atoms with Gasteiger partial charge in [0.25, 0.3) is 0 Å². The summed E-state index contributed by atoms with van der Waals surface area (Å²) in [6, 6.07) is -1.08. The number of carboxylic acids is 1. The first-order valence-corrected chi connectivity index (χ1v) is 8.03. The van der Waals surface area contributed by atoms with E-state index in [9.17, 15) is 18.0 Å². The monoisotopic (exact) mass is 292 g/mol. The Morgan fingerprint density at radius 1 is 1.42 bits per heavy atom. The summed E-state index contributed by atoms with van der Waals surface area (Å²) in [6.45, 7) is 3.26. The number of aliphatic carboxylic acids is 1. The molecule has 0 bridgehead atoms. The van der Waals surface area contributed by atoms with E-state index >= 15 is 0 Å². The molecule has 110 valence electrons. The molecule has 0 saturated carbocycles. The summed E-state index contributed by atoms with van der Waals surface area (Å²) in [5.74, 6) is -1.13. The van der Waals surface area contributed by atoms with Crippen LogP contribution >= 0.6 is 0 Å². The lowest BCUT2D eigenvalue weighted by molar-refractivity contribution is -0.144. The predicted molar refractivity (Wildman–Crippen MR) is 69.7 cm³/mol. The van der Waals surface area contributed by atoms with Crippen LogP contribution in [0.3, 0.4) is 0 Å². The molecule has 1 aliphatic heterocycles. The fourth-order valence-electron chi connectivity index (χ4n) is 2.10. The molecule has 8 heteroatoms. The van der Waals surface area contributed by atoms with Crippen molar-refractivity contribution in [2.75, 3.05) is 11.5 Å². The average molecular weight is 292 g/mol. The molecule has 1 fully saturated rings. The minimum atomic E-state index is -3.07. The maximum absolute atomic E-state index is 11.7. The van der Waals surface area contributed by atoms with E-state index in [0.29, 0.717) is 19.3 Å². The third-order valence-corrected chi connectivity index (χ3v) is 4.95. The first kappa shape index (κ1) is 15.7. The Morgan fingerprint density at radius 2 is 2.05 bits per heavy atom. The van der Waals surface area contributed by atoms with Crippen LogP contribution < -0.4 is 10.6 Å². The maximum Gasteiger partial charge on any atom is 0.329 e. The van der Waals surface area contributed by atoms with Gasteiger partial charge in [-0.1, -0.05) is 13.3 Å². The second kappa shape index (κ2) is 5.77. The van der Waals surface area contributed by atoms with Crippen molar-refractivity contribution in [2.45, 2.75) is 44.7 Å². The fourth-order valence-corrected chi connectivity index (χ4v) is 3.78. The minimum Gasteiger partial charge on any atom is -0.480 e. The zero-order chi connectivity index (χ0) is 14.7. The molecule has 1 rings (SSSR count). The van der Waals surface area contributed by atoms with Gasteiger partial charge >= 0.3 is 12.0 Å². The van der Waals surface area contributed by atoms with Crippen LogP contribution in [0.25, 0.3) is 0 Å². The summed E-state index contributed by atoms with van der Waals surface area (Å²) in [5.41, 5.74) is -1.34. The molecular weight excluding hydrogens is 272 g/mol. The standard InChI is InChI=1S/C11H20N2O5S/c1-3-5-11(2,9(14)15)13-10(16)12-8-4-6-19(17,18)7-8/h8H,3-7H2,1-2H3,(H,14,15)(H2,12,13,16). The van der Waals surface area contributed by atoms with E-state index in [0.717, 1.165) is 0 Å². The largest absolute Gasteiger partial charge is 0.480 e. The van der Waals surface area contributed by atoms with Gasteiger partial charge in [0.05, 0.1) is 11.5 Å². The SMILES string of the molecule is CCCC(C)(NC(=O)NC1CCS(=O)(=O)C1)C(=O)O. The molecule has 1 saturated heterocycles. The number of carbonyl (C=O) groups excluding carboxylic acids is 1. The Morgan fingerprint density at radius 3 is 2.47 bits per heavy atom. The predicted octanol–water partition coefficient (Wildman–Crippen LogP) is 0.116. The molecule has 2 amide bonds. The summed E-state index contributed by atoms with van der Waals surface area (Å²) < 4.78 is 22.5. The van der Waals surface area contributed by atoms with Crippen molar-refractivity contribution >= 4 is 21.8 Å². The Hall–Kier alpha value is -1.31. The van der Waals surface area contributed by atoms with Gasteiger partial charge in [0.2, 0.25) is 0 Å². The molecule has 0 radical (unpaired) electrons. The van der Waals surface area contributed by atoms with Crippen molar-refractivity contribution in [3.63, 3.8) is 0 Å². The van der Waals surface area contributed by atoms with E-state index in [1.807, 2.05) is 6.92 Å². The van der Waals surface area contributed by atoms with Crippen molar-refractivity contribution in [3.8, 4) is 0 Å². The van der Waals surface area contributed by atoms with Crippen molar-refractivity contribution in [2.24, 2.45) is 0 Å².